The molecule has 1 unspecified atom stereocenters. The molecular weight excluding hydrogens is 246 g/mol. The standard InChI is InChI=1S/C12H17N5O2/c1-7(2)9(18)6-14-11(19)10-15-12-13-5-4-8(3)17(12)16-10/h4-5,7,9,18H,6H2,1-3H3,(H,14,19). The van der Waals surface area contributed by atoms with E-state index in [9.17, 15) is 9.90 Å². The Kier molecular flexibility index (Phi) is 3.75. The molecule has 2 heterocycles. The molecule has 2 N–H and O–H groups in total. The van der Waals surface area contributed by atoms with E-state index < -0.39 is 12.0 Å². The van der Waals surface area contributed by atoms with Crippen LogP contribution >= 0.6 is 0 Å². The molecule has 1 atom stereocenters. The van der Waals surface area contributed by atoms with E-state index in [1.165, 1.54) is 4.52 Å². The lowest BCUT2D eigenvalue weighted by atomic mass is 10.1. The van der Waals surface area contributed by atoms with E-state index in [1.807, 2.05) is 20.8 Å². The van der Waals surface area contributed by atoms with Crippen LogP contribution in [0.15, 0.2) is 12.3 Å². The molecule has 0 aliphatic heterocycles. The van der Waals surface area contributed by atoms with E-state index in [2.05, 4.69) is 20.4 Å². The predicted octanol–water partition coefficient (Wildman–Crippen LogP) is 0.179. The van der Waals surface area contributed by atoms with Crippen LogP contribution in [0.5, 0.6) is 0 Å². The van der Waals surface area contributed by atoms with Crippen LogP contribution in [-0.2, 0) is 0 Å². The molecule has 2 aromatic rings. The molecule has 7 nitrogen and oxygen atoms in total. The summed E-state index contributed by atoms with van der Waals surface area (Å²) >= 11 is 0. The van der Waals surface area contributed by atoms with Gasteiger partial charge in [-0.2, -0.15) is 4.98 Å². The molecule has 2 rings (SSSR count). The van der Waals surface area contributed by atoms with Gasteiger partial charge in [-0.1, -0.05) is 13.8 Å². The highest BCUT2D eigenvalue weighted by molar-refractivity contribution is 5.90. The number of hydrogen-bond acceptors (Lipinski definition) is 5. The Morgan fingerprint density at radius 1 is 1.53 bits per heavy atom. The van der Waals surface area contributed by atoms with Gasteiger partial charge in [0.15, 0.2) is 0 Å². The van der Waals surface area contributed by atoms with E-state index in [-0.39, 0.29) is 18.3 Å². The highest BCUT2D eigenvalue weighted by Crippen LogP contribution is 2.03. The lowest BCUT2D eigenvalue weighted by Crippen LogP contribution is -2.35. The number of aromatic nitrogens is 4. The minimum Gasteiger partial charge on any atom is -0.391 e. The van der Waals surface area contributed by atoms with E-state index >= 15 is 0 Å². The van der Waals surface area contributed by atoms with Crippen molar-refractivity contribution in [2.24, 2.45) is 5.92 Å². The van der Waals surface area contributed by atoms with Crippen molar-refractivity contribution in [2.75, 3.05) is 6.54 Å². The van der Waals surface area contributed by atoms with E-state index in [1.54, 1.807) is 12.3 Å². The van der Waals surface area contributed by atoms with Crippen LogP contribution in [0, 0.1) is 12.8 Å². The normalized spacial score (nSPS) is 12.9. The van der Waals surface area contributed by atoms with Gasteiger partial charge in [-0.25, -0.2) is 9.50 Å². The first kappa shape index (κ1) is 13.4. The maximum atomic E-state index is 11.9. The largest absolute Gasteiger partial charge is 0.391 e. The fourth-order valence-corrected chi connectivity index (χ4v) is 1.51. The zero-order valence-electron chi connectivity index (χ0n) is 11.2. The average Bonchev–Trinajstić information content (AvgIpc) is 2.80. The van der Waals surface area contributed by atoms with E-state index in [0.29, 0.717) is 5.78 Å². The highest BCUT2D eigenvalue weighted by atomic mass is 16.3. The molecule has 0 spiro atoms. The van der Waals surface area contributed by atoms with Crippen LogP contribution in [0.2, 0.25) is 0 Å². The van der Waals surface area contributed by atoms with Crippen molar-refractivity contribution in [2.45, 2.75) is 26.9 Å². The maximum Gasteiger partial charge on any atom is 0.291 e. The first-order valence-electron chi connectivity index (χ1n) is 6.13. The molecule has 2 aromatic heterocycles. The first-order chi connectivity index (χ1) is 8.99. The van der Waals surface area contributed by atoms with Crippen LogP contribution in [0.3, 0.4) is 0 Å². The van der Waals surface area contributed by atoms with Gasteiger partial charge in [-0.3, -0.25) is 4.79 Å². The van der Waals surface area contributed by atoms with Gasteiger partial charge in [-0.15, -0.1) is 5.10 Å². The predicted molar refractivity (Wildman–Crippen MR) is 68.7 cm³/mol. The summed E-state index contributed by atoms with van der Waals surface area (Å²) in [5.74, 6) is 0.107. The Morgan fingerprint density at radius 2 is 2.26 bits per heavy atom. The smallest absolute Gasteiger partial charge is 0.291 e. The summed E-state index contributed by atoms with van der Waals surface area (Å²) in [6.45, 7) is 5.80. The molecule has 0 aromatic carbocycles. The molecule has 1 amide bonds. The number of nitrogens with one attached hydrogen (secondary N) is 1. The zero-order chi connectivity index (χ0) is 14.0. The minimum absolute atomic E-state index is 0.0535. The van der Waals surface area contributed by atoms with Crippen LogP contribution in [0.1, 0.15) is 30.2 Å². The van der Waals surface area contributed by atoms with Gasteiger partial charge in [0.25, 0.3) is 11.7 Å². The number of hydrogen-bond donors (Lipinski definition) is 2. The van der Waals surface area contributed by atoms with Crippen molar-refractivity contribution in [1.82, 2.24) is 24.9 Å². The van der Waals surface area contributed by atoms with Crippen LogP contribution < -0.4 is 5.32 Å². The van der Waals surface area contributed by atoms with Gasteiger partial charge in [0.05, 0.1) is 6.10 Å². The van der Waals surface area contributed by atoms with Crippen molar-refractivity contribution in [3.05, 3.63) is 23.8 Å². The summed E-state index contributed by atoms with van der Waals surface area (Å²) in [6.07, 6.45) is 1.03. The molecule has 0 bridgehead atoms. The Morgan fingerprint density at radius 3 is 2.89 bits per heavy atom. The van der Waals surface area contributed by atoms with Crippen molar-refractivity contribution in [3.8, 4) is 0 Å². The molecule has 0 aliphatic rings. The number of aryl methyl sites for hydroxylation is 1. The maximum absolute atomic E-state index is 11.9. The average molecular weight is 263 g/mol. The number of aliphatic hydroxyl groups excluding tert-OH is 1. The lowest BCUT2D eigenvalue weighted by molar-refractivity contribution is 0.0862. The van der Waals surface area contributed by atoms with Gasteiger partial charge < -0.3 is 10.4 Å². The van der Waals surface area contributed by atoms with Crippen molar-refractivity contribution < 1.29 is 9.90 Å². The van der Waals surface area contributed by atoms with E-state index in [0.717, 1.165) is 5.69 Å². The topological polar surface area (TPSA) is 92.4 Å². The molecule has 19 heavy (non-hydrogen) atoms. The second-order valence-corrected chi connectivity index (χ2v) is 4.75. The quantitative estimate of drug-likeness (QED) is 0.821. The number of rotatable bonds is 4. The minimum atomic E-state index is -0.583. The number of fused-ring (bicyclic) bond motifs is 1. The zero-order valence-corrected chi connectivity index (χ0v) is 11.2. The van der Waals surface area contributed by atoms with Crippen LogP contribution in [0.25, 0.3) is 5.78 Å². The van der Waals surface area contributed by atoms with Gasteiger partial charge in [0.2, 0.25) is 5.82 Å². The molecule has 0 saturated carbocycles. The van der Waals surface area contributed by atoms with Gasteiger partial charge >= 0.3 is 0 Å². The molecular formula is C12H17N5O2. The lowest BCUT2D eigenvalue weighted by Gasteiger charge is -2.13. The SMILES string of the molecule is Cc1ccnc2nc(C(=O)NCC(O)C(C)C)nn12. The summed E-state index contributed by atoms with van der Waals surface area (Å²) in [7, 11) is 0. The molecule has 0 fully saturated rings. The molecule has 102 valence electrons. The molecule has 0 aliphatic carbocycles. The van der Waals surface area contributed by atoms with Gasteiger partial charge in [0.1, 0.15) is 0 Å². The van der Waals surface area contributed by atoms with Crippen LogP contribution in [0.4, 0.5) is 0 Å². The highest BCUT2D eigenvalue weighted by Gasteiger charge is 2.16. The Hall–Kier alpha value is -2.02. The third kappa shape index (κ3) is 2.87. The third-order valence-electron chi connectivity index (χ3n) is 2.87. The summed E-state index contributed by atoms with van der Waals surface area (Å²) in [5.41, 5.74) is 0.846. The second kappa shape index (κ2) is 5.31. The number of amides is 1. The molecule has 0 saturated heterocycles. The third-order valence-corrected chi connectivity index (χ3v) is 2.87. The summed E-state index contributed by atoms with van der Waals surface area (Å²) in [5, 5.41) is 16.3. The summed E-state index contributed by atoms with van der Waals surface area (Å²) in [6, 6.07) is 1.78. The monoisotopic (exact) mass is 263 g/mol. The van der Waals surface area contributed by atoms with Gasteiger partial charge in [-0.05, 0) is 18.9 Å². The van der Waals surface area contributed by atoms with Crippen molar-refractivity contribution in [1.29, 1.82) is 0 Å². The summed E-state index contributed by atoms with van der Waals surface area (Å²) in [4.78, 5) is 19.9. The Balaban J connectivity index is 2.12. The van der Waals surface area contributed by atoms with Crippen molar-refractivity contribution in [3.63, 3.8) is 0 Å². The number of nitrogens with zero attached hydrogens (tertiary/aromatic N) is 4. The molecule has 7 heteroatoms. The van der Waals surface area contributed by atoms with E-state index in [4.69, 9.17) is 0 Å². The van der Waals surface area contributed by atoms with Crippen molar-refractivity contribution >= 4 is 11.7 Å². The van der Waals surface area contributed by atoms with Gasteiger partial charge in [0, 0.05) is 18.4 Å². The fourth-order valence-electron chi connectivity index (χ4n) is 1.51. The summed E-state index contributed by atoms with van der Waals surface area (Å²) < 4.78 is 1.51. The fraction of sp³-hybridized carbons (Fsp3) is 0.500. The first-order valence-corrected chi connectivity index (χ1v) is 6.13. The second-order valence-electron chi connectivity index (χ2n) is 4.75. The molecule has 0 radical (unpaired) electrons. The number of aliphatic hydroxyl groups is 1. The van der Waals surface area contributed by atoms with Crippen LogP contribution in [-0.4, -0.2) is 43.2 Å². The Bertz CT molecular complexity index is 593. The number of carbonyl (C=O) groups excluding carboxylic acids is 1. The Labute approximate surface area is 110 Å². The number of carbonyl (C=O) groups is 1.